The van der Waals surface area contributed by atoms with Gasteiger partial charge in [-0.3, -0.25) is 9.78 Å². The van der Waals surface area contributed by atoms with E-state index in [0.29, 0.717) is 46.7 Å². The fourth-order valence-corrected chi connectivity index (χ4v) is 5.48. The van der Waals surface area contributed by atoms with Crippen LogP contribution in [0.5, 0.6) is 0 Å². The van der Waals surface area contributed by atoms with Gasteiger partial charge in [-0.1, -0.05) is 30.3 Å². The molecule has 2 fully saturated rings. The Morgan fingerprint density at radius 1 is 1.00 bits per heavy atom. The number of nitrogens with zero attached hydrogens (tertiary/aromatic N) is 4. The number of aromatic nitrogens is 2. The van der Waals surface area contributed by atoms with Gasteiger partial charge in [-0.05, 0) is 30.5 Å². The molecule has 4 aromatic rings. The molecular weight excluding hydrogens is 465 g/mol. The maximum absolute atomic E-state index is 15.0. The number of aldehydes is 1. The summed E-state index contributed by atoms with van der Waals surface area (Å²) in [6, 6.07) is 13.5. The van der Waals surface area contributed by atoms with Crippen molar-refractivity contribution in [2.45, 2.75) is 19.4 Å². The van der Waals surface area contributed by atoms with Gasteiger partial charge in [0.15, 0.2) is 17.9 Å². The summed E-state index contributed by atoms with van der Waals surface area (Å²) in [4.78, 5) is 25.2. The number of aryl methyl sites for hydroxylation is 1. The van der Waals surface area contributed by atoms with Crippen LogP contribution in [0.1, 0.15) is 22.3 Å². The Kier molecular flexibility index (Phi) is 5.39. The average Bonchev–Trinajstić information content (AvgIpc) is 2.87. The van der Waals surface area contributed by atoms with Crippen LogP contribution in [0.25, 0.3) is 22.2 Å². The van der Waals surface area contributed by atoms with Crippen LogP contribution in [0.3, 0.4) is 0 Å². The van der Waals surface area contributed by atoms with Gasteiger partial charge in [0.2, 0.25) is 0 Å². The molecule has 0 unspecified atom stereocenters. The van der Waals surface area contributed by atoms with Crippen molar-refractivity contribution in [2.24, 2.45) is 5.92 Å². The fourth-order valence-electron chi connectivity index (χ4n) is 5.48. The molecule has 3 heterocycles. The van der Waals surface area contributed by atoms with Crippen molar-refractivity contribution in [3.05, 3.63) is 83.3 Å². The second-order valence-electron chi connectivity index (χ2n) is 9.50. The summed E-state index contributed by atoms with van der Waals surface area (Å²) in [6.45, 7) is 3.91. The summed E-state index contributed by atoms with van der Waals surface area (Å²) in [5, 5.41) is 0. The van der Waals surface area contributed by atoms with E-state index in [1.165, 1.54) is 0 Å². The van der Waals surface area contributed by atoms with Gasteiger partial charge in [0.1, 0.15) is 11.6 Å². The third-order valence-electron chi connectivity index (χ3n) is 7.40. The molecule has 0 spiro atoms. The number of piperidine rings is 1. The normalized spacial score (nSPS) is 19.2. The Morgan fingerprint density at radius 2 is 1.75 bits per heavy atom. The molecule has 5 nitrogen and oxygen atoms in total. The number of benzene rings is 3. The van der Waals surface area contributed by atoms with Crippen LogP contribution in [0, 0.1) is 30.3 Å². The number of carbonyl (C=O) groups excluding carboxylic acids is 1. The maximum atomic E-state index is 15.0. The van der Waals surface area contributed by atoms with Crippen molar-refractivity contribution in [1.82, 2.24) is 9.97 Å². The molecule has 2 aliphatic rings. The van der Waals surface area contributed by atoms with E-state index >= 15 is 0 Å². The minimum atomic E-state index is -0.955. The molecule has 0 bridgehead atoms. The molecule has 182 valence electrons. The third-order valence-corrected chi connectivity index (χ3v) is 7.40. The molecule has 8 heteroatoms. The fraction of sp³-hybridized carbons (Fsp3) is 0.250. The van der Waals surface area contributed by atoms with Gasteiger partial charge in [0.05, 0.1) is 28.8 Å². The monoisotopic (exact) mass is 488 g/mol. The first-order valence-electron chi connectivity index (χ1n) is 11.9. The first-order chi connectivity index (χ1) is 17.4. The number of hydrogen-bond acceptors (Lipinski definition) is 5. The minimum absolute atomic E-state index is 0.0713. The molecule has 6 rings (SSSR count). The van der Waals surface area contributed by atoms with Gasteiger partial charge in [-0.2, -0.15) is 0 Å². The summed E-state index contributed by atoms with van der Waals surface area (Å²) in [5.74, 6) is -1.34. The summed E-state index contributed by atoms with van der Waals surface area (Å²) >= 11 is 0. The molecule has 0 radical (unpaired) electrons. The van der Waals surface area contributed by atoms with E-state index in [-0.39, 0.29) is 11.6 Å². The third kappa shape index (κ3) is 3.59. The zero-order valence-electron chi connectivity index (χ0n) is 19.6. The number of rotatable bonds is 4. The van der Waals surface area contributed by atoms with Crippen LogP contribution in [0.15, 0.2) is 54.7 Å². The Hall–Kier alpha value is -3.94. The topological polar surface area (TPSA) is 49.3 Å². The number of hydrogen-bond donors (Lipinski definition) is 0. The van der Waals surface area contributed by atoms with E-state index in [1.54, 1.807) is 13.1 Å². The maximum Gasteiger partial charge on any atom is 0.161 e. The first-order valence-corrected chi connectivity index (χ1v) is 11.9. The largest absolute Gasteiger partial charge is 0.366 e. The van der Waals surface area contributed by atoms with Crippen LogP contribution in [0.2, 0.25) is 0 Å². The minimum Gasteiger partial charge on any atom is -0.366 e. The van der Waals surface area contributed by atoms with Crippen LogP contribution in [0.4, 0.5) is 24.7 Å². The van der Waals surface area contributed by atoms with E-state index in [2.05, 4.69) is 19.8 Å². The van der Waals surface area contributed by atoms with Crippen molar-refractivity contribution >= 4 is 28.8 Å². The Labute approximate surface area is 206 Å². The molecule has 1 aromatic heterocycles. The lowest BCUT2D eigenvalue weighted by Crippen LogP contribution is -2.64. The Bertz CT molecular complexity index is 1490. The van der Waals surface area contributed by atoms with Crippen LogP contribution < -0.4 is 9.80 Å². The number of fused-ring (bicyclic) bond motifs is 2. The van der Waals surface area contributed by atoms with Gasteiger partial charge in [0.25, 0.3) is 0 Å². The number of carbonyl (C=O) groups is 1. The number of anilines is 2. The summed E-state index contributed by atoms with van der Waals surface area (Å²) in [6.07, 6.45) is 3.12. The standard InChI is InChI=1S/C28H23F3N4O/c1-16-9-24(27(19(15-36)28(16)31)17-5-3-2-4-6-17)35-13-18-7-8-34(14-25(18)35)26-12-32-22-10-20(29)21(30)11-23(22)33-26/h2-6,9-12,15,18,25H,7-8,13-14H2,1H3/t18-,25-/m1/s1. The molecule has 2 saturated heterocycles. The quantitative estimate of drug-likeness (QED) is 0.353. The van der Waals surface area contributed by atoms with Gasteiger partial charge < -0.3 is 9.80 Å². The van der Waals surface area contributed by atoms with E-state index < -0.39 is 17.5 Å². The lowest BCUT2D eigenvalue weighted by Gasteiger charge is -2.55. The molecule has 0 saturated carbocycles. The Balaban J connectivity index is 1.35. The first kappa shape index (κ1) is 22.5. The zero-order valence-corrected chi connectivity index (χ0v) is 19.6. The molecule has 0 amide bonds. The molecule has 36 heavy (non-hydrogen) atoms. The second-order valence-corrected chi connectivity index (χ2v) is 9.50. The van der Waals surface area contributed by atoms with Gasteiger partial charge in [-0.25, -0.2) is 18.2 Å². The highest BCUT2D eigenvalue weighted by atomic mass is 19.2. The highest BCUT2D eigenvalue weighted by Gasteiger charge is 2.44. The SMILES string of the molecule is Cc1cc(N2C[C@H]3CCN(c4cnc5cc(F)c(F)cc5n4)C[C@H]32)c(-c2ccccc2)c(C=O)c1F. The smallest absolute Gasteiger partial charge is 0.161 e. The summed E-state index contributed by atoms with van der Waals surface area (Å²) in [5.41, 5.74) is 3.34. The predicted octanol–water partition coefficient (Wildman–Crippen LogP) is 5.55. The van der Waals surface area contributed by atoms with Gasteiger partial charge in [-0.15, -0.1) is 0 Å². The highest BCUT2D eigenvalue weighted by molar-refractivity contribution is 5.95. The van der Waals surface area contributed by atoms with Crippen LogP contribution in [-0.4, -0.2) is 41.9 Å². The summed E-state index contributed by atoms with van der Waals surface area (Å²) < 4.78 is 42.3. The van der Waals surface area contributed by atoms with E-state index in [4.69, 9.17) is 0 Å². The lowest BCUT2D eigenvalue weighted by atomic mass is 9.80. The molecule has 3 aromatic carbocycles. The van der Waals surface area contributed by atoms with Crippen LogP contribution in [-0.2, 0) is 0 Å². The van der Waals surface area contributed by atoms with Crippen molar-refractivity contribution in [3.8, 4) is 11.1 Å². The van der Waals surface area contributed by atoms with Crippen molar-refractivity contribution in [2.75, 3.05) is 29.4 Å². The van der Waals surface area contributed by atoms with E-state index in [9.17, 15) is 18.0 Å². The summed E-state index contributed by atoms with van der Waals surface area (Å²) in [7, 11) is 0. The second kappa shape index (κ2) is 8.62. The average molecular weight is 489 g/mol. The molecule has 0 aliphatic carbocycles. The molecule has 2 aliphatic heterocycles. The predicted molar refractivity (Wildman–Crippen MR) is 133 cm³/mol. The molecule has 2 atom stereocenters. The van der Waals surface area contributed by atoms with Crippen molar-refractivity contribution < 1.29 is 18.0 Å². The lowest BCUT2D eigenvalue weighted by molar-refractivity contribution is 0.112. The van der Waals surface area contributed by atoms with Gasteiger partial charge in [0, 0.05) is 48.9 Å². The Morgan fingerprint density at radius 3 is 2.50 bits per heavy atom. The van der Waals surface area contributed by atoms with Crippen molar-refractivity contribution in [1.29, 1.82) is 0 Å². The van der Waals surface area contributed by atoms with Crippen molar-refractivity contribution in [3.63, 3.8) is 0 Å². The van der Waals surface area contributed by atoms with Crippen LogP contribution >= 0.6 is 0 Å². The zero-order chi connectivity index (χ0) is 25.0. The number of halogens is 3. The molecule has 0 N–H and O–H groups in total. The van der Waals surface area contributed by atoms with E-state index in [0.717, 1.165) is 42.9 Å². The van der Waals surface area contributed by atoms with Gasteiger partial charge >= 0.3 is 0 Å². The molecular formula is C28H23F3N4O. The van der Waals surface area contributed by atoms with E-state index in [1.807, 2.05) is 36.4 Å². The highest BCUT2D eigenvalue weighted by Crippen LogP contribution is 2.44.